The monoisotopic (exact) mass is 297 g/mol. The first-order valence-corrected chi connectivity index (χ1v) is 8.48. The first kappa shape index (κ1) is 17.4. The molecule has 0 unspecified atom stereocenters. The van der Waals surface area contributed by atoms with Gasteiger partial charge in [-0.3, -0.25) is 0 Å². The molecule has 3 nitrogen and oxygen atoms in total. The third kappa shape index (κ3) is 4.74. The van der Waals surface area contributed by atoms with Crippen molar-refractivity contribution in [3.8, 4) is 0 Å². The van der Waals surface area contributed by atoms with Gasteiger partial charge in [0.2, 0.25) is 0 Å². The number of nitrogens with zero attached hydrogens (tertiary/aromatic N) is 2. The molecule has 0 radical (unpaired) electrons. The van der Waals surface area contributed by atoms with Crippen molar-refractivity contribution in [3.63, 3.8) is 0 Å². The lowest BCUT2D eigenvalue weighted by Gasteiger charge is -2.24. The average Bonchev–Trinajstić information content (AvgIpc) is 2.70. The first-order chi connectivity index (χ1) is 9.15. The predicted octanol–water partition coefficient (Wildman–Crippen LogP) is 4.39. The zero-order valence-corrected chi connectivity index (χ0v) is 15.2. The summed E-state index contributed by atoms with van der Waals surface area (Å²) in [6.07, 6.45) is 0. The van der Waals surface area contributed by atoms with Crippen LogP contribution in [0.5, 0.6) is 0 Å². The van der Waals surface area contributed by atoms with Crippen LogP contribution in [0.2, 0.25) is 0 Å². The van der Waals surface area contributed by atoms with Crippen LogP contribution in [0.3, 0.4) is 0 Å². The van der Waals surface area contributed by atoms with E-state index in [0.717, 1.165) is 18.2 Å². The summed E-state index contributed by atoms with van der Waals surface area (Å²) >= 11 is 1.84. The highest BCUT2D eigenvalue weighted by atomic mass is 32.1. The van der Waals surface area contributed by atoms with E-state index in [9.17, 15) is 0 Å². The number of hydrogen-bond acceptors (Lipinski definition) is 4. The molecule has 1 aromatic heterocycles. The van der Waals surface area contributed by atoms with E-state index in [2.05, 4.69) is 65.6 Å². The summed E-state index contributed by atoms with van der Waals surface area (Å²) in [5.41, 5.74) is 1.39. The Bertz CT molecular complexity index is 416. The maximum Gasteiger partial charge on any atom is 0.186 e. The molecule has 0 aromatic carbocycles. The summed E-state index contributed by atoms with van der Waals surface area (Å²) < 4.78 is 0. The van der Waals surface area contributed by atoms with Crippen LogP contribution >= 0.6 is 11.3 Å². The Morgan fingerprint density at radius 1 is 1.20 bits per heavy atom. The summed E-state index contributed by atoms with van der Waals surface area (Å²) in [6, 6.07) is 0.495. The van der Waals surface area contributed by atoms with Gasteiger partial charge in [0.05, 0.1) is 5.69 Å². The van der Waals surface area contributed by atoms with Gasteiger partial charge in [0.1, 0.15) is 0 Å². The topological polar surface area (TPSA) is 28.2 Å². The van der Waals surface area contributed by atoms with Gasteiger partial charge in [0.15, 0.2) is 5.13 Å². The lowest BCUT2D eigenvalue weighted by molar-refractivity contribution is 0.425. The van der Waals surface area contributed by atoms with E-state index in [1.54, 1.807) is 0 Å². The predicted molar refractivity (Wildman–Crippen MR) is 91.0 cm³/mol. The number of rotatable bonds is 6. The molecule has 0 aliphatic heterocycles. The minimum atomic E-state index is 0.140. The van der Waals surface area contributed by atoms with E-state index < -0.39 is 0 Å². The Balaban J connectivity index is 3.01. The van der Waals surface area contributed by atoms with Crippen LogP contribution in [-0.2, 0) is 6.54 Å². The number of anilines is 1. The largest absolute Gasteiger partial charge is 0.346 e. The fraction of sp³-hybridized carbons (Fsp3) is 0.812. The maximum absolute atomic E-state index is 4.91. The molecule has 1 aromatic rings. The fourth-order valence-corrected chi connectivity index (χ4v) is 3.47. The van der Waals surface area contributed by atoms with Crippen LogP contribution in [0.4, 0.5) is 5.13 Å². The first-order valence-electron chi connectivity index (χ1n) is 7.67. The minimum absolute atomic E-state index is 0.140. The van der Waals surface area contributed by atoms with E-state index in [1.807, 2.05) is 11.3 Å². The fourth-order valence-electron chi connectivity index (χ4n) is 2.12. The summed E-state index contributed by atoms with van der Waals surface area (Å²) in [5, 5.41) is 4.75. The van der Waals surface area contributed by atoms with Crippen molar-refractivity contribution >= 4 is 16.5 Å². The summed E-state index contributed by atoms with van der Waals surface area (Å²) in [5.74, 6) is 0.475. The molecule has 0 spiro atoms. The standard InChI is InChI=1S/C16H31N3S/c1-9-19(12(4)5)15-18-14(11(2)3)13(20-15)10-17-16(6,7)8/h11-12,17H,9-10H2,1-8H3. The van der Waals surface area contributed by atoms with Crippen molar-refractivity contribution in [2.24, 2.45) is 0 Å². The highest BCUT2D eigenvalue weighted by Crippen LogP contribution is 2.31. The molecule has 116 valence electrons. The van der Waals surface area contributed by atoms with E-state index in [4.69, 9.17) is 4.98 Å². The molecule has 0 fully saturated rings. The van der Waals surface area contributed by atoms with Crippen LogP contribution in [0, 0.1) is 0 Å². The van der Waals surface area contributed by atoms with E-state index in [0.29, 0.717) is 12.0 Å². The van der Waals surface area contributed by atoms with Crippen LogP contribution in [0.1, 0.15) is 71.9 Å². The smallest absolute Gasteiger partial charge is 0.186 e. The molecule has 0 saturated carbocycles. The lowest BCUT2D eigenvalue weighted by atomic mass is 10.1. The van der Waals surface area contributed by atoms with Crippen LogP contribution in [0.25, 0.3) is 0 Å². The van der Waals surface area contributed by atoms with Gasteiger partial charge in [-0.25, -0.2) is 4.98 Å². The molecular formula is C16H31N3S. The quantitative estimate of drug-likeness (QED) is 0.844. The van der Waals surface area contributed by atoms with Gasteiger partial charge < -0.3 is 10.2 Å². The van der Waals surface area contributed by atoms with E-state index >= 15 is 0 Å². The highest BCUT2D eigenvalue weighted by molar-refractivity contribution is 7.15. The molecule has 20 heavy (non-hydrogen) atoms. The van der Waals surface area contributed by atoms with Crippen LogP contribution in [-0.4, -0.2) is 23.1 Å². The minimum Gasteiger partial charge on any atom is -0.346 e. The van der Waals surface area contributed by atoms with Crippen molar-refractivity contribution in [1.29, 1.82) is 0 Å². The molecule has 1 N–H and O–H groups in total. The Morgan fingerprint density at radius 3 is 2.20 bits per heavy atom. The zero-order valence-electron chi connectivity index (χ0n) is 14.4. The van der Waals surface area contributed by atoms with Crippen molar-refractivity contribution in [2.45, 2.75) is 79.4 Å². The molecule has 0 aliphatic carbocycles. The third-order valence-electron chi connectivity index (χ3n) is 3.25. The number of nitrogens with one attached hydrogen (secondary N) is 1. The van der Waals surface area contributed by atoms with E-state index in [1.165, 1.54) is 10.6 Å². The highest BCUT2D eigenvalue weighted by Gasteiger charge is 2.20. The second-order valence-corrected chi connectivity index (χ2v) is 8.00. The molecule has 1 heterocycles. The van der Waals surface area contributed by atoms with Gasteiger partial charge in [0.25, 0.3) is 0 Å². The Labute approximate surface area is 128 Å². The SMILES string of the molecule is CCN(c1nc(C(C)C)c(CNC(C)(C)C)s1)C(C)C. The van der Waals surface area contributed by atoms with Crippen LogP contribution < -0.4 is 10.2 Å². The zero-order chi connectivity index (χ0) is 15.5. The van der Waals surface area contributed by atoms with Gasteiger partial charge in [-0.15, -0.1) is 11.3 Å². The van der Waals surface area contributed by atoms with Gasteiger partial charge in [-0.1, -0.05) is 13.8 Å². The summed E-state index contributed by atoms with van der Waals surface area (Å²) in [4.78, 5) is 8.66. The normalized spacial score (nSPS) is 12.5. The second-order valence-electron chi connectivity index (χ2n) is 6.94. The van der Waals surface area contributed by atoms with Gasteiger partial charge in [-0.2, -0.15) is 0 Å². The number of hydrogen-bond donors (Lipinski definition) is 1. The van der Waals surface area contributed by atoms with Crippen molar-refractivity contribution in [1.82, 2.24) is 10.3 Å². The summed E-state index contributed by atoms with van der Waals surface area (Å²) in [6.45, 7) is 19.6. The molecule has 0 amide bonds. The molecule has 4 heteroatoms. The third-order valence-corrected chi connectivity index (χ3v) is 4.36. The van der Waals surface area contributed by atoms with Crippen molar-refractivity contribution in [3.05, 3.63) is 10.6 Å². The molecule has 0 atom stereocenters. The number of aromatic nitrogens is 1. The maximum atomic E-state index is 4.91. The molecule has 0 bridgehead atoms. The molecule has 0 aliphatic rings. The Morgan fingerprint density at radius 2 is 1.80 bits per heavy atom. The van der Waals surface area contributed by atoms with Crippen molar-refractivity contribution in [2.75, 3.05) is 11.4 Å². The Hall–Kier alpha value is -0.610. The summed E-state index contributed by atoms with van der Waals surface area (Å²) in [7, 11) is 0. The van der Waals surface area contributed by atoms with Gasteiger partial charge in [-0.05, 0) is 47.5 Å². The number of thiazole rings is 1. The molecular weight excluding hydrogens is 266 g/mol. The molecule has 0 saturated heterocycles. The molecule has 1 rings (SSSR count). The second kappa shape index (κ2) is 6.90. The van der Waals surface area contributed by atoms with Crippen LogP contribution in [0.15, 0.2) is 0 Å². The van der Waals surface area contributed by atoms with E-state index in [-0.39, 0.29) is 5.54 Å². The average molecular weight is 298 g/mol. The van der Waals surface area contributed by atoms with Crippen molar-refractivity contribution < 1.29 is 0 Å². The lowest BCUT2D eigenvalue weighted by Crippen LogP contribution is -2.35. The van der Waals surface area contributed by atoms with Gasteiger partial charge in [0, 0.05) is 29.5 Å². The van der Waals surface area contributed by atoms with Gasteiger partial charge >= 0.3 is 0 Å². The Kier molecular flexibility index (Phi) is 6.02.